The van der Waals surface area contributed by atoms with Crippen LogP contribution in [0.25, 0.3) is 0 Å². The van der Waals surface area contributed by atoms with Crippen molar-refractivity contribution >= 4 is 11.8 Å². The lowest BCUT2D eigenvalue weighted by Gasteiger charge is -2.38. The predicted molar refractivity (Wildman–Crippen MR) is 100 cm³/mol. The molecule has 0 saturated carbocycles. The summed E-state index contributed by atoms with van der Waals surface area (Å²) >= 11 is 0. The summed E-state index contributed by atoms with van der Waals surface area (Å²) in [5.41, 5.74) is 0.860. The fraction of sp³-hybridized carbons (Fsp3) is 0.619. The number of piperidine rings is 2. The molecule has 0 N–H and O–H groups in total. The Kier molecular flexibility index (Phi) is 6.30. The molecule has 0 radical (unpaired) electrons. The van der Waals surface area contributed by atoms with Gasteiger partial charge in [0, 0.05) is 33.3 Å². The standard InChI is InChI=1S/C21H30N2O3/c1-16-10-13-22(14-11-16)20(24)18-9-6-12-23(15-18)21(25)19(26-2)17-7-4-3-5-8-17/h3-5,7-8,16,18-19H,6,9-15H2,1-2H3. The molecule has 2 amide bonds. The largest absolute Gasteiger partial charge is 0.367 e. The first-order valence-corrected chi connectivity index (χ1v) is 9.75. The van der Waals surface area contributed by atoms with E-state index in [-0.39, 0.29) is 17.7 Å². The Hall–Kier alpha value is -1.88. The van der Waals surface area contributed by atoms with Gasteiger partial charge in [0.2, 0.25) is 5.91 Å². The zero-order valence-electron chi connectivity index (χ0n) is 15.9. The fourth-order valence-electron chi connectivity index (χ4n) is 4.04. The van der Waals surface area contributed by atoms with Gasteiger partial charge in [-0.1, -0.05) is 37.3 Å². The molecule has 2 heterocycles. The summed E-state index contributed by atoms with van der Waals surface area (Å²) in [6, 6.07) is 9.57. The highest BCUT2D eigenvalue weighted by atomic mass is 16.5. The van der Waals surface area contributed by atoms with E-state index in [0.717, 1.165) is 44.3 Å². The minimum absolute atomic E-state index is 0.0385. The van der Waals surface area contributed by atoms with E-state index in [0.29, 0.717) is 19.0 Å². The topological polar surface area (TPSA) is 49.9 Å². The van der Waals surface area contributed by atoms with Crippen LogP contribution in [0.15, 0.2) is 30.3 Å². The SMILES string of the molecule is COC(C(=O)N1CCCC(C(=O)N2CCC(C)CC2)C1)c1ccccc1. The molecule has 3 rings (SSSR count). The Balaban J connectivity index is 1.64. The number of amides is 2. The van der Waals surface area contributed by atoms with Crippen LogP contribution in [0.1, 0.15) is 44.3 Å². The molecule has 26 heavy (non-hydrogen) atoms. The summed E-state index contributed by atoms with van der Waals surface area (Å²) in [5, 5.41) is 0. The highest BCUT2D eigenvalue weighted by Crippen LogP contribution is 2.26. The Bertz CT molecular complexity index is 611. The van der Waals surface area contributed by atoms with Gasteiger partial charge in [-0.25, -0.2) is 0 Å². The molecule has 5 nitrogen and oxygen atoms in total. The molecular formula is C21H30N2O3. The van der Waals surface area contributed by atoms with Crippen LogP contribution in [-0.2, 0) is 14.3 Å². The summed E-state index contributed by atoms with van der Waals surface area (Å²) in [5.74, 6) is 0.817. The lowest BCUT2D eigenvalue weighted by Crippen LogP contribution is -2.49. The second-order valence-electron chi connectivity index (χ2n) is 7.66. The van der Waals surface area contributed by atoms with Gasteiger partial charge in [0.25, 0.3) is 5.91 Å². The quantitative estimate of drug-likeness (QED) is 0.832. The zero-order chi connectivity index (χ0) is 18.5. The van der Waals surface area contributed by atoms with Crippen LogP contribution in [-0.4, -0.2) is 54.9 Å². The van der Waals surface area contributed by atoms with Crippen LogP contribution in [0.2, 0.25) is 0 Å². The summed E-state index contributed by atoms with van der Waals surface area (Å²) < 4.78 is 5.49. The van der Waals surface area contributed by atoms with Gasteiger partial charge in [-0.3, -0.25) is 9.59 Å². The molecule has 2 saturated heterocycles. The first-order valence-electron chi connectivity index (χ1n) is 9.75. The minimum Gasteiger partial charge on any atom is -0.367 e. The van der Waals surface area contributed by atoms with Crippen molar-refractivity contribution in [2.24, 2.45) is 11.8 Å². The smallest absolute Gasteiger partial charge is 0.256 e. The number of hydrogen-bond donors (Lipinski definition) is 0. The van der Waals surface area contributed by atoms with E-state index in [1.165, 1.54) is 0 Å². The summed E-state index contributed by atoms with van der Waals surface area (Å²) in [7, 11) is 1.57. The van der Waals surface area contributed by atoms with E-state index < -0.39 is 6.10 Å². The van der Waals surface area contributed by atoms with Gasteiger partial charge in [0.05, 0.1) is 5.92 Å². The summed E-state index contributed by atoms with van der Waals surface area (Å²) in [6.45, 7) is 5.17. The van der Waals surface area contributed by atoms with Gasteiger partial charge in [0.15, 0.2) is 6.10 Å². The maximum atomic E-state index is 13.0. The molecule has 2 aliphatic rings. The average Bonchev–Trinajstić information content (AvgIpc) is 2.69. The molecule has 2 fully saturated rings. The fourth-order valence-corrected chi connectivity index (χ4v) is 4.04. The highest BCUT2D eigenvalue weighted by molar-refractivity contribution is 5.84. The number of methoxy groups -OCH3 is 1. The van der Waals surface area contributed by atoms with E-state index in [4.69, 9.17) is 4.74 Å². The van der Waals surface area contributed by atoms with Crippen molar-refractivity contribution in [2.75, 3.05) is 33.3 Å². The second-order valence-corrected chi connectivity index (χ2v) is 7.66. The molecular weight excluding hydrogens is 328 g/mol. The van der Waals surface area contributed by atoms with Crippen molar-refractivity contribution in [1.29, 1.82) is 0 Å². The van der Waals surface area contributed by atoms with Crippen molar-refractivity contribution in [2.45, 2.75) is 38.7 Å². The van der Waals surface area contributed by atoms with Gasteiger partial charge in [0.1, 0.15) is 0 Å². The first kappa shape index (κ1) is 18.9. The minimum atomic E-state index is -0.596. The van der Waals surface area contributed by atoms with Crippen LogP contribution >= 0.6 is 0 Å². The summed E-state index contributed by atoms with van der Waals surface area (Å²) in [4.78, 5) is 29.7. The van der Waals surface area contributed by atoms with Crippen molar-refractivity contribution in [3.63, 3.8) is 0 Å². The number of carbonyl (C=O) groups is 2. The van der Waals surface area contributed by atoms with Crippen molar-refractivity contribution in [1.82, 2.24) is 9.80 Å². The molecule has 2 atom stereocenters. The molecule has 0 spiro atoms. The van der Waals surface area contributed by atoms with Gasteiger partial charge in [-0.15, -0.1) is 0 Å². The van der Waals surface area contributed by atoms with Crippen LogP contribution in [0.4, 0.5) is 0 Å². The van der Waals surface area contributed by atoms with Crippen molar-refractivity contribution in [3.8, 4) is 0 Å². The van der Waals surface area contributed by atoms with E-state index in [1.54, 1.807) is 7.11 Å². The number of nitrogens with zero attached hydrogens (tertiary/aromatic N) is 2. The maximum absolute atomic E-state index is 13.0. The molecule has 1 aromatic carbocycles. The highest BCUT2D eigenvalue weighted by Gasteiger charge is 2.34. The number of likely N-dealkylation sites (tertiary alicyclic amines) is 2. The normalized spacial score (nSPS) is 22.9. The van der Waals surface area contributed by atoms with Crippen LogP contribution < -0.4 is 0 Å². The molecule has 5 heteroatoms. The molecule has 2 aliphatic heterocycles. The third-order valence-electron chi connectivity index (χ3n) is 5.74. The molecule has 0 aromatic heterocycles. The van der Waals surface area contributed by atoms with E-state index in [9.17, 15) is 9.59 Å². The maximum Gasteiger partial charge on any atom is 0.256 e. The first-order chi connectivity index (χ1) is 12.6. The van der Waals surface area contributed by atoms with Crippen LogP contribution in [0.3, 0.4) is 0 Å². The Morgan fingerprint density at radius 3 is 2.38 bits per heavy atom. The van der Waals surface area contributed by atoms with E-state index in [1.807, 2.05) is 40.1 Å². The molecule has 2 unspecified atom stereocenters. The third-order valence-corrected chi connectivity index (χ3v) is 5.74. The Morgan fingerprint density at radius 1 is 1.04 bits per heavy atom. The molecule has 0 aliphatic carbocycles. The molecule has 0 bridgehead atoms. The monoisotopic (exact) mass is 358 g/mol. The number of rotatable bonds is 4. The lowest BCUT2D eigenvalue weighted by atomic mass is 9.93. The van der Waals surface area contributed by atoms with E-state index >= 15 is 0 Å². The second kappa shape index (κ2) is 8.67. The molecule has 142 valence electrons. The third kappa shape index (κ3) is 4.26. The van der Waals surface area contributed by atoms with Gasteiger partial charge < -0.3 is 14.5 Å². The Morgan fingerprint density at radius 2 is 1.73 bits per heavy atom. The Labute approximate surface area is 156 Å². The number of carbonyl (C=O) groups excluding carboxylic acids is 2. The average molecular weight is 358 g/mol. The lowest BCUT2D eigenvalue weighted by molar-refractivity contribution is -0.147. The van der Waals surface area contributed by atoms with Crippen LogP contribution in [0, 0.1) is 11.8 Å². The number of benzene rings is 1. The van der Waals surface area contributed by atoms with Gasteiger partial charge in [-0.05, 0) is 37.2 Å². The summed E-state index contributed by atoms with van der Waals surface area (Å²) in [6.07, 6.45) is 3.32. The van der Waals surface area contributed by atoms with Crippen LogP contribution in [0.5, 0.6) is 0 Å². The zero-order valence-corrected chi connectivity index (χ0v) is 15.9. The van der Waals surface area contributed by atoms with E-state index in [2.05, 4.69) is 6.92 Å². The van der Waals surface area contributed by atoms with Crippen molar-refractivity contribution in [3.05, 3.63) is 35.9 Å². The number of ether oxygens (including phenoxy) is 1. The predicted octanol–water partition coefficient (Wildman–Crippen LogP) is 2.87. The van der Waals surface area contributed by atoms with Gasteiger partial charge in [-0.2, -0.15) is 0 Å². The number of hydrogen-bond acceptors (Lipinski definition) is 3. The molecule has 1 aromatic rings. The van der Waals surface area contributed by atoms with Gasteiger partial charge >= 0.3 is 0 Å². The van der Waals surface area contributed by atoms with Crippen molar-refractivity contribution < 1.29 is 14.3 Å².